The van der Waals surface area contributed by atoms with E-state index in [1.165, 1.54) is 4.57 Å². The number of nitrogens with zero attached hydrogens (tertiary/aromatic N) is 3. The molecule has 0 radical (unpaired) electrons. The van der Waals surface area contributed by atoms with E-state index in [1.54, 1.807) is 13.8 Å². The molecule has 0 aliphatic heterocycles. The Bertz CT molecular complexity index is 497. The minimum atomic E-state index is -3.13. The average molecular weight is 271 g/mol. The van der Waals surface area contributed by atoms with E-state index >= 15 is 0 Å². The molecule has 0 bridgehead atoms. The number of aromatic nitrogens is 2. The van der Waals surface area contributed by atoms with Crippen LogP contribution in [0.25, 0.3) is 0 Å². The molecule has 1 rings (SSSR count). The number of hydrogen-bond acceptors (Lipinski definition) is 5. The van der Waals surface area contributed by atoms with Crippen LogP contribution in [0.1, 0.15) is 12.7 Å². The third-order valence-corrected chi connectivity index (χ3v) is 3.97. The number of aryl methyl sites for hydroxylation is 1. The van der Waals surface area contributed by atoms with E-state index in [0.717, 1.165) is 6.20 Å². The Kier molecular flexibility index (Phi) is 6.31. The number of imidazole rings is 1. The van der Waals surface area contributed by atoms with Crippen LogP contribution < -0.4 is 0 Å². The zero-order valence-corrected chi connectivity index (χ0v) is 9.90. The molecule has 0 fully saturated rings. The number of nitro groups is 1. The van der Waals surface area contributed by atoms with Crippen LogP contribution >= 0.6 is 0 Å². The van der Waals surface area contributed by atoms with Crippen molar-refractivity contribution in [2.45, 2.75) is 20.4 Å². The first kappa shape index (κ1) is 16.6. The topological polar surface area (TPSA) is 95.1 Å². The summed E-state index contributed by atoms with van der Waals surface area (Å²) < 4.78 is 23.9. The van der Waals surface area contributed by atoms with Gasteiger partial charge in [-0.3, -0.25) is 0 Å². The van der Waals surface area contributed by atoms with Gasteiger partial charge in [-0.2, -0.15) is 0 Å². The Morgan fingerprint density at radius 1 is 1.53 bits per heavy atom. The Balaban J connectivity index is 0.00000256. The fourth-order valence-electron chi connectivity index (χ4n) is 1.25. The maximum atomic E-state index is 11.3. The SMILES string of the molecule is CCS(=O)(=O)CCn1c([N+](=O)[O-])cnc1C.[NaH]. The first-order valence-corrected chi connectivity index (χ1v) is 6.56. The van der Waals surface area contributed by atoms with E-state index in [1.807, 2.05) is 0 Å². The molecule has 17 heavy (non-hydrogen) atoms. The second kappa shape index (κ2) is 6.48. The van der Waals surface area contributed by atoms with Crippen molar-refractivity contribution < 1.29 is 13.3 Å². The molecule has 0 aliphatic rings. The first-order chi connectivity index (χ1) is 7.37. The average Bonchev–Trinajstić information content (AvgIpc) is 2.57. The van der Waals surface area contributed by atoms with Crippen LogP contribution in [0.5, 0.6) is 0 Å². The molecule has 9 heteroatoms. The molecule has 0 aromatic carbocycles. The van der Waals surface area contributed by atoms with E-state index in [0.29, 0.717) is 5.82 Å². The van der Waals surface area contributed by atoms with Gasteiger partial charge in [-0.15, -0.1) is 0 Å². The predicted octanol–water partition coefficient (Wildman–Crippen LogP) is -0.114. The summed E-state index contributed by atoms with van der Waals surface area (Å²) in [5, 5.41) is 10.6. The van der Waals surface area contributed by atoms with Crippen LogP contribution in [0.2, 0.25) is 0 Å². The zero-order valence-electron chi connectivity index (χ0n) is 9.08. The zero-order chi connectivity index (χ0) is 12.3. The second-order valence-electron chi connectivity index (χ2n) is 3.31. The summed E-state index contributed by atoms with van der Waals surface area (Å²) in [5.74, 6) is 0.192. The Labute approximate surface area is 122 Å². The fourth-order valence-corrected chi connectivity index (χ4v) is 2.00. The minimum absolute atomic E-state index is 0. The Hall–Kier alpha value is -0.440. The van der Waals surface area contributed by atoms with Crippen LogP contribution in [0.4, 0.5) is 5.82 Å². The summed E-state index contributed by atoms with van der Waals surface area (Å²) in [6, 6.07) is 0. The van der Waals surface area contributed by atoms with Crippen LogP contribution in [-0.2, 0) is 16.4 Å². The van der Waals surface area contributed by atoms with Crippen LogP contribution in [0.15, 0.2) is 6.20 Å². The van der Waals surface area contributed by atoms with Crippen molar-refractivity contribution in [2.75, 3.05) is 11.5 Å². The summed E-state index contributed by atoms with van der Waals surface area (Å²) in [6.45, 7) is 3.22. The molecule has 0 spiro atoms. The molecule has 0 aliphatic carbocycles. The van der Waals surface area contributed by atoms with Crippen molar-refractivity contribution >= 4 is 45.2 Å². The second-order valence-corrected chi connectivity index (χ2v) is 5.78. The molecular formula is C8H14N3NaO4S. The molecule has 0 amide bonds. The molecule has 0 saturated carbocycles. The van der Waals surface area contributed by atoms with E-state index in [4.69, 9.17) is 0 Å². The third kappa shape index (κ3) is 4.38. The molecule has 1 aromatic rings. The van der Waals surface area contributed by atoms with Crippen molar-refractivity contribution in [3.8, 4) is 0 Å². The van der Waals surface area contributed by atoms with Crippen molar-refractivity contribution in [1.82, 2.24) is 9.55 Å². The summed E-state index contributed by atoms with van der Waals surface area (Å²) in [6.07, 6.45) is 1.13. The van der Waals surface area contributed by atoms with Gasteiger partial charge in [0, 0.05) is 12.7 Å². The maximum absolute atomic E-state index is 11.3. The summed E-state index contributed by atoms with van der Waals surface area (Å²) >= 11 is 0. The first-order valence-electron chi connectivity index (χ1n) is 4.74. The molecule has 1 heterocycles. The van der Waals surface area contributed by atoms with Gasteiger partial charge >= 0.3 is 35.4 Å². The number of sulfone groups is 1. The van der Waals surface area contributed by atoms with E-state index < -0.39 is 14.8 Å². The summed E-state index contributed by atoms with van der Waals surface area (Å²) in [5.41, 5.74) is 0. The van der Waals surface area contributed by atoms with Crippen molar-refractivity contribution in [3.63, 3.8) is 0 Å². The van der Waals surface area contributed by atoms with E-state index in [2.05, 4.69) is 4.98 Å². The molecule has 0 saturated heterocycles. The molecule has 92 valence electrons. The number of rotatable bonds is 5. The van der Waals surface area contributed by atoms with Crippen LogP contribution in [0.3, 0.4) is 0 Å². The van der Waals surface area contributed by atoms with Crippen LogP contribution in [-0.4, -0.2) is 64.0 Å². The van der Waals surface area contributed by atoms with E-state index in [9.17, 15) is 18.5 Å². The summed E-state index contributed by atoms with van der Waals surface area (Å²) in [4.78, 5) is 13.8. The Morgan fingerprint density at radius 3 is 2.59 bits per heavy atom. The van der Waals surface area contributed by atoms with Crippen molar-refractivity contribution in [3.05, 3.63) is 22.1 Å². The van der Waals surface area contributed by atoms with Gasteiger partial charge in [0.05, 0.1) is 5.75 Å². The van der Waals surface area contributed by atoms with Crippen molar-refractivity contribution in [1.29, 1.82) is 0 Å². The van der Waals surface area contributed by atoms with Gasteiger partial charge < -0.3 is 10.1 Å². The third-order valence-electron chi connectivity index (χ3n) is 2.29. The quantitative estimate of drug-likeness (QED) is 0.423. The molecule has 0 unspecified atom stereocenters. The predicted molar refractivity (Wildman–Crippen MR) is 65.1 cm³/mol. The molecule has 0 atom stereocenters. The van der Waals surface area contributed by atoms with Gasteiger partial charge in [0.25, 0.3) is 0 Å². The van der Waals surface area contributed by atoms with Crippen molar-refractivity contribution in [2.24, 2.45) is 0 Å². The van der Waals surface area contributed by atoms with Gasteiger partial charge in [-0.05, 0) is 4.92 Å². The van der Waals surface area contributed by atoms with E-state index in [-0.39, 0.29) is 53.4 Å². The Morgan fingerprint density at radius 2 is 2.12 bits per heavy atom. The number of hydrogen-bond donors (Lipinski definition) is 0. The monoisotopic (exact) mass is 271 g/mol. The van der Waals surface area contributed by atoms with Gasteiger partial charge in [-0.25, -0.2) is 18.0 Å². The molecule has 1 aromatic heterocycles. The van der Waals surface area contributed by atoms with Gasteiger partial charge in [-0.1, -0.05) is 6.92 Å². The molecule has 0 N–H and O–H groups in total. The normalized spacial score (nSPS) is 10.9. The standard InChI is InChI=1S/C8H13N3O4S.Na.H/c1-3-16(14,15)5-4-10-7(2)9-6-8(10)11(12)13;;/h6H,3-5H2,1-2H3;;. The van der Waals surface area contributed by atoms with Gasteiger partial charge in [0.2, 0.25) is 0 Å². The van der Waals surface area contributed by atoms with Gasteiger partial charge in [0.1, 0.15) is 12.7 Å². The molecule has 7 nitrogen and oxygen atoms in total. The van der Waals surface area contributed by atoms with Crippen LogP contribution in [0, 0.1) is 17.0 Å². The summed E-state index contributed by atoms with van der Waals surface area (Å²) in [7, 11) is -3.13. The van der Waals surface area contributed by atoms with Gasteiger partial charge in [0.15, 0.2) is 15.7 Å². The molecular weight excluding hydrogens is 257 g/mol. The fraction of sp³-hybridized carbons (Fsp3) is 0.625.